The maximum absolute atomic E-state index is 12.8. The highest BCUT2D eigenvalue weighted by Crippen LogP contribution is 2.26. The number of nitrogens with one attached hydrogen (secondary N) is 1. The van der Waals surface area contributed by atoms with Gasteiger partial charge >= 0.3 is 0 Å². The summed E-state index contributed by atoms with van der Waals surface area (Å²) in [4.78, 5) is 12.8. The number of benzene rings is 3. The van der Waals surface area contributed by atoms with Crippen LogP contribution in [0, 0.1) is 0 Å². The first-order valence-electron chi connectivity index (χ1n) is 11.0. The fourth-order valence-corrected chi connectivity index (χ4v) is 5.17. The van der Waals surface area contributed by atoms with E-state index in [0.29, 0.717) is 16.3 Å². The maximum atomic E-state index is 12.8. The summed E-state index contributed by atoms with van der Waals surface area (Å²) in [7, 11) is -3.52. The second-order valence-electron chi connectivity index (χ2n) is 8.52. The number of anilines is 1. The van der Waals surface area contributed by atoms with Crippen LogP contribution >= 0.6 is 11.6 Å². The molecule has 1 aliphatic carbocycles. The van der Waals surface area contributed by atoms with Crippen LogP contribution in [0.1, 0.15) is 52.0 Å². The summed E-state index contributed by atoms with van der Waals surface area (Å²) in [5, 5.41) is 3.64. The Morgan fingerprint density at radius 2 is 1.67 bits per heavy atom. The first kappa shape index (κ1) is 23.3. The number of hydrogen-bond donors (Lipinski definition) is 1. The molecule has 0 aliphatic heterocycles. The van der Waals surface area contributed by atoms with Crippen molar-refractivity contribution in [2.75, 3.05) is 10.6 Å². The highest BCUT2D eigenvalue weighted by molar-refractivity contribution is 7.92. The molecule has 0 radical (unpaired) electrons. The van der Waals surface area contributed by atoms with Gasteiger partial charge in [-0.05, 0) is 84.8 Å². The Morgan fingerprint density at radius 1 is 1.00 bits per heavy atom. The second kappa shape index (κ2) is 9.57. The molecular formula is C26H27ClN2O3S. The first-order chi connectivity index (χ1) is 15.7. The molecule has 0 unspecified atom stereocenters. The van der Waals surface area contributed by atoms with Crippen molar-refractivity contribution in [2.45, 2.75) is 38.8 Å². The van der Waals surface area contributed by atoms with E-state index in [2.05, 4.69) is 23.5 Å². The summed E-state index contributed by atoms with van der Waals surface area (Å²) in [5.74, 6) is -0.196. The van der Waals surface area contributed by atoms with Gasteiger partial charge in [0.2, 0.25) is 10.0 Å². The van der Waals surface area contributed by atoms with Crippen molar-refractivity contribution in [1.82, 2.24) is 5.32 Å². The molecule has 0 spiro atoms. The van der Waals surface area contributed by atoms with Gasteiger partial charge in [-0.2, -0.15) is 0 Å². The third-order valence-corrected chi connectivity index (χ3v) is 7.42. The average molecular weight is 483 g/mol. The number of hydrogen-bond acceptors (Lipinski definition) is 3. The molecule has 3 aromatic rings. The SMILES string of the molecule is C[C@H](NC(=O)c1ccc(N(Cc2ccc(Cl)cc2)S(C)(=O)=O)cc1)c1ccc2c(c1)CCC2. The van der Waals surface area contributed by atoms with Gasteiger partial charge in [0.05, 0.1) is 24.5 Å². The third-order valence-electron chi connectivity index (χ3n) is 6.03. The number of fused-ring (bicyclic) bond motifs is 1. The van der Waals surface area contributed by atoms with Crippen LogP contribution in [-0.4, -0.2) is 20.6 Å². The Bertz CT molecular complexity index is 1260. The molecule has 7 heteroatoms. The summed E-state index contributed by atoms with van der Waals surface area (Å²) >= 11 is 5.93. The number of aryl methyl sites for hydroxylation is 2. The zero-order valence-corrected chi connectivity index (χ0v) is 20.3. The predicted octanol–water partition coefficient (Wildman–Crippen LogP) is 5.29. The lowest BCUT2D eigenvalue weighted by molar-refractivity contribution is 0.0940. The fourth-order valence-electron chi connectivity index (χ4n) is 4.16. The van der Waals surface area contributed by atoms with Crippen molar-refractivity contribution in [3.8, 4) is 0 Å². The maximum Gasteiger partial charge on any atom is 0.251 e. The highest BCUT2D eigenvalue weighted by atomic mass is 35.5. The van der Waals surface area contributed by atoms with E-state index >= 15 is 0 Å². The van der Waals surface area contributed by atoms with E-state index in [-0.39, 0.29) is 18.5 Å². The lowest BCUT2D eigenvalue weighted by Gasteiger charge is -2.23. The molecule has 3 aromatic carbocycles. The summed E-state index contributed by atoms with van der Waals surface area (Å²) in [6, 6.07) is 20.0. The van der Waals surface area contributed by atoms with E-state index in [1.807, 2.05) is 6.92 Å². The van der Waals surface area contributed by atoms with E-state index in [1.165, 1.54) is 28.1 Å². The van der Waals surface area contributed by atoms with Crippen LogP contribution < -0.4 is 9.62 Å². The van der Waals surface area contributed by atoms with Gasteiger partial charge in [-0.15, -0.1) is 0 Å². The highest BCUT2D eigenvalue weighted by Gasteiger charge is 2.19. The zero-order chi connectivity index (χ0) is 23.6. The standard InChI is InChI=1S/C26H27ClN2O3S/c1-18(22-9-8-20-4-3-5-23(20)16-22)28-26(30)21-10-14-25(15-11-21)29(33(2,31)32)17-19-6-12-24(27)13-7-19/h6-16,18H,3-5,17H2,1-2H3,(H,28,30)/t18-/m0/s1. The lowest BCUT2D eigenvalue weighted by Crippen LogP contribution is -2.29. The van der Waals surface area contributed by atoms with Crippen LogP contribution in [0.2, 0.25) is 5.02 Å². The smallest absolute Gasteiger partial charge is 0.251 e. The summed E-state index contributed by atoms with van der Waals surface area (Å²) < 4.78 is 26.2. The molecular weight excluding hydrogens is 456 g/mol. The van der Waals surface area contributed by atoms with Crippen molar-refractivity contribution >= 4 is 33.2 Å². The van der Waals surface area contributed by atoms with Gasteiger partial charge in [0.1, 0.15) is 0 Å². The molecule has 1 aliphatic rings. The Morgan fingerprint density at radius 3 is 2.33 bits per heavy atom. The monoisotopic (exact) mass is 482 g/mol. The van der Waals surface area contributed by atoms with Gasteiger partial charge < -0.3 is 5.32 Å². The average Bonchev–Trinajstić information content (AvgIpc) is 3.26. The molecule has 172 valence electrons. The molecule has 5 nitrogen and oxygen atoms in total. The van der Waals surface area contributed by atoms with Gasteiger partial charge in [0.15, 0.2) is 0 Å². The van der Waals surface area contributed by atoms with Gasteiger partial charge in [0, 0.05) is 10.6 Å². The van der Waals surface area contributed by atoms with E-state index in [4.69, 9.17) is 11.6 Å². The molecule has 0 bridgehead atoms. The molecule has 0 aromatic heterocycles. The summed E-state index contributed by atoms with van der Waals surface area (Å²) in [5.41, 5.74) is 5.66. The molecule has 0 heterocycles. The molecule has 33 heavy (non-hydrogen) atoms. The second-order valence-corrected chi connectivity index (χ2v) is 10.9. The number of carbonyl (C=O) groups is 1. The minimum Gasteiger partial charge on any atom is -0.346 e. The number of rotatable bonds is 7. The number of carbonyl (C=O) groups excluding carboxylic acids is 1. The number of sulfonamides is 1. The van der Waals surface area contributed by atoms with E-state index in [9.17, 15) is 13.2 Å². The van der Waals surface area contributed by atoms with Crippen molar-refractivity contribution in [1.29, 1.82) is 0 Å². The molecule has 0 saturated carbocycles. The van der Waals surface area contributed by atoms with Gasteiger partial charge in [-0.3, -0.25) is 9.10 Å². The van der Waals surface area contributed by atoms with Crippen LogP contribution in [0.25, 0.3) is 0 Å². The summed E-state index contributed by atoms with van der Waals surface area (Å²) in [6.45, 7) is 2.15. The third kappa shape index (κ3) is 5.57. The van der Waals surface area contributed by atoms with Crippen LogP contribution in [0.15, 0.2) is 66.7 Å². The Balaban J connectivity index is 1.47. The van der Waals surface area contributed by atoms with E-state index in [1.54, 1.807) is 48.5 Å². The zero-order valence-electron chi connectivity index (χ0n) is 18.7. The van der Waals surface area contributed by atoms with Gasteiger partial charge in [0.25, 0.3) is 5.91 Å². The first-order valence-corrected chi connectivity index (χ1v) is 13.2. The fraction of sp³-hybridized carbons (Fsp3) is 0.269. The van der Waals surface area contributed by atoms with Crippen LogP contribution in [0.5, 0.6) is 0 Å². The Hall–Kier alpha value is -2.83. The quantitative estimate of drug-likeness (QED) is 0.497. The number of nitrogens with zero attached hydrogens (tertiary/aromatic N) is 1. The Kier molecular flexibility index (Phi) is 6.77. The van der Waals surface area contributed by atoms with Crippen LogP contribution in [-0.2, 0) is 29.4 Å². The van der Waals surface area contributed by atoms with Gasteiger partial charge in [-0.25, -0.2) is 8.42 Å². The van der Waals surface area contributed by atoms with Crippen molar-refractivity contribution < 1.29 is 13.2 Å². The minimum absolute atomic E-state index is 0.125. The molecule has 1 amide bonds. The minimum atomic E-state index is -3.52. The van der Waals surface area contributed by atoms with E-state index in [0.717, 1.165) is 24.0 Å². The number of halogens is 1. The van der Waals surface area contributed by atoms with Crippen LogP contribution in [0.3, 0.4) is 0 Å². The Labute approximate surface area is 200 Å². The van der Waals surface area contributed by atoms with E-state index < -0.39 is 10.0 Å². The molecule has 4 rings (SSSR count). The lowest BCUT2D eigenvalue weighted by atomic mass is 10.0. The molecule has 1 N–H and O–H groups in total. The predicted molar refractivity (Wildman–Crippen MR) is 133 cm³/mol. The topological polar surface area (TPSA) is 66.5 Å². The van der Waals surface area contributed by atoms with Crippen molar-refractivity contribution in [2.24, 2.45) is 0 Å². The molecule has 1 atom stereocenters. The van der Waals surface area contributed by atoms with Crippen molar-refractivity contribution in [3.05, 3.63) is 99.6 Å². The largest absolute Gasteiger partial charge is 0.346 e. The van der Waals surface area contributed by atoms with Crippen molar-refractivity contribution in [3.63, 3.8) is 0 Å². The summed E-state index contributed by atoms with van der Waals surface area (Å²) in [6.07, 6.45) is 4.58. The van der Waals surface area contributed by atoms with Crippen LogP contribution in [0.4, 0.5) is 5.69 Å². The van der Waals surface area contributed by atoms with Gasteiger partial charge in [-0.1, -0.05) is 41.9 Å². The molecule has 0 fully saturated rings. The molecule has 0 saturated heterocycles. The normalized spacial score (nSPS) is 13.9. The number of amides is 1.